The van der Waals surface area contributed by atoms with Gasteiger partial charge in [-0.25, -0.2) is 4.68 Å². The quantitative estimate of drug-likeness (QED) is 0.629. The number of β-amino-alcohol motifs (C(OH)–C–C–N with tert-alkyl or cyclic N) is 1. The molecule has 2 fully saturated rings. The maximum atomic E-state index is 13.5. The predicted octanol–water partition coefficient (Wildman–Crippen LogP) is 2.09. The number of aliphatic hydroxyl groups is 1. The molecule has 0 bridgehead atoms. The first kappa shape index (κ1) is 21.8. The topological polar surface area (TPSA) is 92.4 Å². The van der Waals surface area contributed by atoms with E-state index in [9.17, 15) is 18.3 Å². The summed E-state index contributed by atoms with van der Waals surface area (Å²) in [6.07, 6.45) is -3.94. The van der Waals surface area contributed by atoms with Crippen LogP contribution in [-0.2, 0) is 17.5 Å². The number of rotatable bonds is 4. The predicted molar refractivity (Wildman–Crippen MR) is 114 cm³/mol. The van der Waals surface area contributed by atoms with E-state index in [1.165, 1.54) is 16.8 Å². The molecule has 3 aromatic rings. The fourth-order valence-corrected chi connectivity index (χ4v) is 4.32. The van der Waals surface area contributed by atoms with E-state index in [4.69, 9.17) is 9.72 Å². The average molecular weight is 463 g/mol. The summed E-state index contributed by atoms with van der Waals surface area (Å²) in [5, 5.41) is 18.8. The summed E-state index contributed by atoms with van der Waals surface area (Å²) in [5.74, 6) is 0.976. The Balaban J connectivity index is 1.60. The molecule has 0 radical (unpaired) electrons. The van der Waals surface area contributed by atoms with E-state index in [-0.39, 0.29) is 12.1 Å². The summed E-state index contributed by atoms with van der Waals surface area (Å²) in [6.45, 7) is 4.85. The fourth-order valence-electron chi connectivity index (χ4n) is 4.32. The Morgan fingerprint density at radius 1 is 1.09 bits per heavy atom. The summed E-state index contributed by atoms with van der Waals surface area (Å²) in [7, 11) is 0. The summed E-state index contributed by atoms with van der Waals surface area (Å²) in [6, 6.07) is 5.41. The second kappa shape index (κ2) is 8.10. The number of morpholine rings is 1. The Morgan fingerprint density at radius 2 is 1.85 bits per heavy atom. The molecule has 4 heterocycles. The van der Waals surface area contributed by atoms with Crippen LogP contribution in [-0.4, -0.2) is 75.1 Å². The van der Waals surface area contributed by atoms with Crippen LogP contribution in [0.5, 0.6) is 0 Å². The van der Waals surface area contributed by atoms with Crippen LogP contribution in [0.4, 0.5) is 24.9 Å². The van der Waals surface area contributed by atoms with E-state index in [1.807, 2.05) is 9.80 Å². The summed E-state index contributed by atoms with van der Waals surface area (Å²) < 4.78 is 47.4. The molecule has 2 aromatic heterocycles. The molecule has 0 aliphatic carbocycles. The van der Waals surface area contributed by atoms with Crippen molar-refractivity contribution in [1.29, 1.82) is 0 Å². The first-order valence-electron chi connectivity index (χ1n) is 10.8. The van der Waals surface area contributed by atoms with Crippen LogP contribution < -0.4 is 9.80 Å². The van der Waals surface area contributed by atoms with E-state index < -0.39 is 17.3 Å². The monoisotopic (exact) mass is 463 g/mol. The second-order valence-electron chi connectivity index (χ2n) is 8.69. The van der Waals surface area contributed by atoms with Crippen molar-refractivity contribution < 1.29 is 23.0 Å². The van der Waals surface area contributed by atoms with E-state index in [0.717, 1.165) is 6.07 Å². The van der Waals surface area contributed by atoms with Crippen molar-refractivity contribution in [2.75, 3.05) is 49.2 Å². The summed E-state index contributed by atoms with van der Waals surface area (Å²) >= 11 is 0. The normalized spacial score (nSPS) is 21.8. The van der Waals surface area contributed by atoms with Crippen LogP contribution in [0.3, 0.4) is 0 Å². The number of aromatic nitrogens is 5. The van der Waals surface area contributed by atoms with Gasteiger partial charge < -0.3 is 19.6 Å². The molecule has 2 saturated heterocycles. The Morgan fingerprint density at radius 3 is 2.55 bits per heavy atom. The van der Waals surface area contributed by atoms with Crippen LogP contribution in [0.2, 0.25) is 0 Å². The van der Waals surface area contributed by atoms with Crippen molar-refractivity contribution in [1.82, 2.24) is 25.0 Å². The molecule has 2 aliphatic heterocycles. The fraction of sp³-hybridized carbons (Fsp3) is 0.524. The zero-order chi connectivity index (χ0) is 23.2. The van der Waals surface area contributed by atoms with Crippen molar-refractivity contribution in [2.24, 2.45) is 0 Å². The van der Waals surface area contributed by atoms with Gasteiger partial charge in [0, 0.05) is 26.2 Å². The molecule has 176 valence electrons. The van der Waals surface area contributed by atoms with Gasteiger partial charge in [0.2, 0.25) is 11.6 Å². The van der Waals surface area contributed by atoms with Crippen LogP contribution in [0, 0.1) is 0 Å². The molecule has 0 unspecified atom stereocenters. The molecule has 9 nitrogen and oxygen atoms in total. The standard InChI is InChI=1S/C21H24F3N7O2/c1-20(32)6-7-30(13-20)18-16-17(25-19(26-18)29-8-10-33-11-9-29)27-28-31(16)12-14-4-2-3-5-15(14)21(22,23)24/h2-5,32H,6-13H2,1H3/t20-/m1/s1. The van der Waals surface area contributed by atoms with E-state index in [2.05, 4.69) is 15.3 Å². The highest BCUT2D eigenvalue weighted by Gasteiger charge is 2.36. The Bertz CT molecular complexity index is 1160. The molecule has 1 N–H and O–H groups in total. The Hall–Kier alpha value is -2.99. The first-order valence-corrected chi connectivity index (χ1v) is 10.8. The van der Waals surface area contributed by atoms with Crippen molar-refractivity contribution in [3.8, 4) is 0 Å². The largest absolute Gasteiger partial charge is 0.416 e. The van der Waals surface area contributed by atoms with E-state index in [0.29, 0.717) is 68.7 Å². The lowest BCUT2D eigenvalue weighted by Crippen LogP contribution is -2.38. The number of hydrogen-bond donors (Lipinski definition) is 1. The number of fused-ring (bicyclic) bond motifs is 1. The molecule has 0 amide bonds. The number of benzene rings is 1. The number of nitrogens with zero attached hydrogens (tertiary/aromatic N) is 7. The van der Waals surface area contributed by atoms with Crippen LogP contribution >= 0.6 is 0 Å². The van der Waals surface area contributed by atoms with Gasteiger partial charge in [-0.2, -0.15) is 23.1 Å². The van der Waals surface area contributed by atoms with Crippen LogP contribution in [0.15, 0.2) is 24.3 Å². The van der Waals surface area contributed by atoms with Crippen LogP contribution in [0.25, 0.3) is 11.2 Å². The number of anilines is 2. The number of halogens is 3. The number of alkyl halides is 3. The van der Waals surface area contributed by atoms with Crippen molar-refractivity contribution in [3.05, 3.63) is 35.4 Å². The van der Waals surface area contributed by atoms with Gasteiger partial charge in [0.1, 0.15) is 0 Å². The molecular weight excluding hydrogens is 439 g/mol. The van der Waals surface area contributed by atoms with Gasteiger partial charge in [0.05, 0.1) is 30.9 Å². The van der Waals surface area contributed by atoms with Gasteiger partial charge in [-0.3, -0.25) is 0 Å². The highest BCUT2D eigenvalue weighted by atomic mass is 19.4. The van der Waals surface area contributed by atoms with E-state index in [1.54, 1.807) is 13.0 Å². The SMILES string of the molecule is C[C@@]1(O)CCN(c2nc(N3CCOCC3)nc3nnn(Cc4ccccc4C(F)(F)F)c23)C1. The number of hydrogen-bond acceptors (Lipinski definition) is 8. The maximum Gasteiger partial charge on any atom is 0.416 e. The molecule has 0 saturated carbocycles. The minimum atomic E-state index is -4.48. The molecule has 1 atom stereocenters. The lowest BCUT2D eigenvalue weighted by atomic mass is 10.1. The minimum absolute atomic E-state index is 0.0772. The van der Waals surface area contributed by atoms with Gasteiger partial charge in [-0.1, -0.05) is 23.4 Å². The molecule has 1 aromatic carbocycles. The molecule has 0 spiro atoms. The zero-order valence-electron chi connectivity index (χ0n) is 18.1. The minimum Gasteiger partial charge on any atom is -0.388 e. The van der Waals surface area contributed by atoms with Gasteiger partial charge in [0.25, 0.3) is 0 Å². The third kappa shape index (κ3) is 4.32. The van der Waals surface area contributed by atoms with Gasteiger partial charge in [-0.05, 0) is 25.0 Å². The van der Waals surface area contributed by atoms with Crippen molar-refractivity contribution in [2.45, 2.75) is 31.7 Å². The number of ether oxygens (including phenoxy) is 1. The van der Waals surface area contributed by atoms with Gasteiger partial charge in [-0.15, -0.1) is 5.10 Å². The third-order valence-electron chi connectivity index (χ3n) is 6.03. The molecule has 5 rings (SSSR count). The Kier molecular flexibility index (Phi) is 5.36. The third-order valence-corrected chi connectivity index (χ3v) is 6.03. The molecular formula is C21H24F3N7O2. The molecule has 33 heavy (non-hydrogen) atoms. The van der Waals surface area contributed by atoms with Crippen molar-refractivity contribution in [3.63, 3.8) is 0 Å². The lowest BCUT2D eigenvalue weighted by Gasteiger charge is -2.28. The van der Waals surface area contributed by atoms with Gasteiger partial charge in [0.15, 0.2) is 11.3 Å². The summed E-state index contributed by atoms with van der Waals surface area (Å²) in [5.41, 5.74) is -0.782. The second-order valence-corrected chi connectivity index (χ2v) is 8.69. The smallest absolute Gasteiger partial charge is 0.388 e. The molecule has 12 heteroatoms. The summed E-state index contributed by atoms with van der Waals surface area (Å²) in [4.78, 5) is 13.2. The zero-order valence-corrected chi connectivity index (χ0v) is 18.1. The lowest BCUT2D eigenvalue weighted by molar-refractivity contribution is -0.138. The van der Waals surface area contributed by atoms with Gasteiger partial charge >= 0.3 is 6.18 Å². The average Bonchev–Trinajstić information content (AvgIpc) is 3.36. The highest BCUT2D eigenvalue weighted by Crippen LogP contribution is 2.34. The van der Waals surface area contributed by atoms with Crippen LogP contribution in [0.1, 0.15) is 24.5 Å². The molecule has 2 aliphatic rings. The van der Waals surface area contributed by atoms with E-state index >= 15 is 0 Å². The Labute approximate surface area is 187 Å². The maximum absolute atomic E-state index is 13.5. The first-order chi connectivity index (χ1) is 15.7. The van der Waals surface area contributed by atoms with Crippen molar-refractivity contribution >= 4 is 22.9 Å². The highest BCUT2D eigenvalue weighted by molar-refractivity contribution is 5.85.